The van der Waals surface area contributed by atoms with E-state index in [4.69, 9.17) is 9.47 Å². The minimum atomic E-state index is -0.804. The Balaban J connectivity index is 2.07. The number of esters is 2. The van der Waals surface area contributed by atoms with Crippen molar-refractivity contribution in [1.29, 1.82) is 0 Å². The number of hydrogen-bond acceptors (Lipinski definition) is 5. The van der Waals surface area contributed by atoms with Gasteiger partial charge in [0.15, 0.2) is 0 Å². The van der Waals surface area contributed by atoms with Crippen LogP contribution in [0.1, 0.15) is 25.0 Å². The van der Waals surface area contributed by atoms with Crippen molar-refractivity contribution in [2.45, 2.75) is 32.9 Å². The number of nitrogens with one attached hydrogen (secondary N) is 1. The third kappa shape index (κ3) is 7.01. The maximum atomic E-state index is 12.4. The molecule has 0 aliphatic heterocycles. The van der Waals surface area contributed by atoms with Crippen LogP contribution >= 0.6 is 22.6 Å². The van der Waals surface area contributed by atoms with Gasteiger partial charge in [-0.2, -0.15) is 0 Å². The van der Waals surface area contributed by atoms with E-state index in [9.17, 15) is 14.4 Å². The zero-order valence-corrected chi connectivity index (χ0v) is 17.2. The van der Waals surface area contributed by atoms with Crippen molar-refractivity contribution in [2.24, 2.45) is 0 Å². The Hall–Kier alpha value is -2.42. The number of ether oxygens (including phenoxy) is 2. The lowest BCUT2D eigenvalue weighted by atomic mass is 10.1. The number of rotatable bonds is 7. The summed E-state index contributed by atoms with van der Waals surface area (Å²) in [5, 5.41) is 2.63. The molecule has 0 saturated heterocycles. The van der Waals surface area contributed by atoms with Gasteiger partial charge in [0.1, 0.15) is 18.4 Å². The van der Waals surface area contributed by atoms with Gasteiger partial charge in [-0.05, 0) is 45.9 Å². The molecular formula is C20H20INO5. The molecule has 6 nitrogen and oxygen atoms in total. The first kappa shape index (κ1) is 20.9. The second-order valence-electron chi connectivity index (χ2n) is 5.91. The summed E-state index contributed by atoms with van der Waals surface area (Å²) in [4.78, 5) is 35.0. The quantitative estimate of drug-likeness (QED) is 0.374. The minimum absolute atomic E-state index is 0.138. The first-order valence-corrected chi connectivity index (χ1v) is 9.37. The molecule has 0 bridgehead atoms. The molecule has 0 aliphatic carbocycles. The van der Waals surface area contributed by atoms with Crippen molar-refractivity contribution in [3.63, 3.8) is 0 Å². The van der Waals surface area contributed by atoms with Gasteiger partial charge >= 0.3 is 11.9 Å². The molecule has 1 amide bonds. The van der Waals surface area contributed by atoms with Gasteiger partial charge in [-0.1, -0.05) is 36.4 Å². The van der Waals surface area contributed by atoms with Gasteiger partial charge in [0, 0.05) is 20.3 Å². The molecule has 0 radical (unpaired) electrons. The second-order valence-corrected chi connectivity index (χ2v) is 7.07. The maximum absolute atomic E-state index is 12.4. The van der Waals surface area contributed by atoms with Crippen molar-refractivity contribution >= 4 is 40.4 Å². The summed E-state index contributed by atoms with van der Waals surface area (Å²) in [5.41, 5.74) is 1.68. The average Bonchev–Trinajstić information content (AvgIpc) is 2.61. The highest BCUT2D eigenvalue weighted by atomic mass is 127. The van der Waals surface area contributed by atoms with Gasteiger partial charge in [-0.25, -0.2) is 4.79 Å². The van der Waals surface area contributed by atoms with Crippen LogP contribution in [0.4, 0.5) is 0 Å². The lowest BCUT2D eigenvalue weighted by Crippen LogP contribution is -2.42. The molecule has 2 aromatic rings. The van der Waals surface area contributed by atoms with E-state index in [1.54, 1.807) is 18.2 Å². The van der Waals surface area contributed by atoms with Gasteiger partial charge < -0.3 is 14.8 Å². The molecule has 0 aliphatic rings. The lowest BCUT2D eigenvalue weighted by Gasteiger charge is -2.17. The van der Waals surface area contributed by atoms with Gasteiger partial charge in [-0.3, -0.25) is 9.59 Å². The highest BCUT2D eigenvalue weighted by Crippen LogP contribution is 2.23. The predicted octanol–water partition coefficient (Wildman–Crippen LogP) is 3.01. The number of carbonyl (C=O) groups excluding carboxylic acids is 3. The molecule has 1 N–H and O–H groups in total. The van der Waals surface area contributed by atoms with Crippen LogP contribution in [0.15, 0.2) is 48.5 Å². The monoisotopic (exact) mass is 481 g/mol. The van der Waals surface area contributed by atoms with E-state index in [1.807, 2.05) is 30.3 Å². The number of amides is 1. The van der Waals surface area contributed by atoms with Crippen LogP contribution in [-0.2, 0) is 32.1 Å². The number of carbonyl (C=O) groups is 3. The minimum Gasteiger partial charge on any atom is -0.459 e. The van der Waals surface area contributed by atoms with Gasteiger partial charge in [-0.15, -0.1) is 0 Å². The van der Waals surface area contributed by atoms with E-state index < -0.39 is 18.0 Å². The summed E-state index contributed by atoms with van der Waals surface area (Å²) >= 11 is 2.05. The highest BCUT2D eigenvalue weighted by molar-refractivity contribution is 14.1. The van der Waals surface area contributed by atoms with Crippen LogP contribution in [0.25, 0.3) is 0 Å². The standard InChI is InChI=1S/C20H20INO5/c1-13(23)22-18(20(25)26-12-15-6-4-3-5-7-15)11-16-8-9-19(17(21)10-16)27-14(2)24/h3-10,18H,11-12H2,1-2H3,(H,22,23)/t18-/m0/s1. The molecule has 1 atom stereocenters. The van der Waals surface area contributed by atoms with E-state index in [0.29, 0.717) is 5.75 Å². The smallest absolute Gasteiger partial charge is 0.329 e. The molecule has 0 aromatic heterocycles. The zero-order valence-electron chi connectivity index (χ0n) is 15.0. The third-order valence-electron chi connectivity index (χ3n) is 3.58. The molecule has 7 heteroatoms. The zero-order chi connectivity index (χ0) is 19.8. The van der Waals surface area contributed by atoms with Crippen LogP contribution in [-0.4, -0.2) is 23.9 Å². The van der Waals surface area contributed by atoms with Crippen LogP contribution in [0.5, 0.6) is 5.75 Å². The van der Waals surface area contributed by atoms with E-state index in [-0.39, 0.29) is 18.9 Å². The molecule has 142 valence electrons. The Morgan fingerprint density at radius 1 is 1.04 bits per heavy atom. The summed E-state index contributed by atoms with van der Waals surface area (Å²) < 4.78 is 11.2. The Bertz CT molecular complexity index is 822. The van der Waals surface area contributed by atoms with Crippen LogP contribution in [0.3, 0.4) is 0 Å². The first-order valence-electron chi connectivity index (χ1n) is 8.29. The van der Waals surface area contributed by atoms with E-state index in [0.717, 1.165) is 14.7 Å². The van der Waals surface area contributed by atoms with Crippen LogP contribution in [0.2, 0.25) is 0 Å². The number of hydrogen-bond donors (Lipinski definition) is 1. The third-order valence-corrected chi connectivity index (χ3v) is 4.42. The van der Waals surface area contributed by atoms with Crippen molar-refractivity contribution in [3.05, 3.63) is 63.2 Å². The summed E-state index contributed by atoms with van der Waals surface area (Å²) in [5.74, 6) is -0.771. The fraction of sp³-hybridized carbons (Fsp3) is 0.250. The summed E-state index contributed by atoms with van der Waals surface area (Å²) in [6, 6.07) is 13.7. The Morgan fingerprint density at radius 2 is 1.74 bits per heavy atom. The normalized spacial score (nSPS) is 11.4. The van der Waals surface area contributed by atoms with Gasteiger partial charge in [0.05, 0.1) is 3.57 Å². The Morgan fingerprint density at radius 3 is 2.33 bits per heavy atom. The number of halogens is 1. The molecule has 2 aromatic carbocycles. The van der Waals surface area contributed by atoms with Crippen molar-refractivity contribution < 1.29 is 23.9 Å². The van der Waals surface area contributed by atoms with Gasteiger partial charge in [0.2, 0.25) is 5.91 Å². The second kappa shape index (κ2) is 10.1. The molecule has 0 saturated carbocycles. The lowest BCUT2D eigenvalue weighted by molar-refractivity contribution is -0.149. The molecule has 0 unspecified atom stereocenters. The van der Waals surface area contributed by atoms with E-state index in [2.05, 4.69) is 27.9 Å². The summed E-state index contributed by atoms with van der Waals surface area (Å²) in [7, 11) is 0. The van der Waals surface area contributed by atoms with Crippen molar-refractivity contribution in [3.8, 4) is 5.75 Å². The highest BCUT2D eigenvalue weighted by Gasteiger charge is 2.22. The van der Waals surface area contributed by atoms with Crippen molar-refractivity contribution in [2.75, 3.05) is 0 Å². The molecule has 0 spiro atoms. The number of benzene rings is 2. The SMILES string of the molecule is CC(=O)N[C@@H](Cc1ccc(OC(C)=O)c(I)c1)C(=O)OCc1ccccc1. The Labute approximate surface area is 171 Å². The van der Waals surface area contributed by atoms with E-state index >= 15 is 0 Å². The predicted molar refractivity (Wildman–Crippen MR) is 108 cm³/mol. The van der Waals surface area contributed by atoms with Crippen LogP contribution < -0.4 is 10.1 Å². The molecule has 0 heterocycles. The molecular weight excluding hydrogens is 461 g/mol. The maximum Gasteiger partial charge on any atom is 0.329 e. The average molecular weight is 481 g/mol. The molecule has 27 heavy (non-hydrogen) atoms. The Kier molecular flexibility index (Phi) is 7.78. The fourth-order valence-electron chi connectivity index (χ4n) is 2.41. The summed E-state index contributed by atoms with van der Waals surface area (Å²) in [6.07, 6.45) is 0.267. The summed E-state index contributed by atoms with van der Waals surface area (Å²) in [6.45, 7) is 2.82. The molecule has 2 rings (SSSR count). The fourth-order valence-corrected chi connectivity index (χ4v) is 3.10. The van der Waals surface area contributed by atoms with Crippen LogP contribution in [0, 0.1) is 3.57 Å². The first-order chi connectivity index (χ1) is 12.8. The topological polar surface area (TPSA) is 81.7 Å². The largest absolute Gasteiger partial charge is 0.459 e. The van der Waals surface area contributed by atoms with E-state index in [1.165, 1.54) is 13.8 Å². The van der Waals surface area contributed by atoms with Crippen molar-refractivity contribution in [1.82, 2.24) is 5.32 Å². The van der Waals surface area contributed by atoms with Gasteiger partial charge in [0.25, 0.3) is 0 Å². The molecule has 0 fully saturated rings.